The zero-order valence-electron chi connectivity index (χ0n) is 7.29. The zero-order valence-corrected chi connectivity index (χ0v) is 8.86. The minimum Gasteiger partial charge on any atom is -0.206 e. The fourth-order valence-electron chi connectivity index (χ4n) is 1.12. The molecule has 2 aromatic rings. The Hall–Kier alpha value is -1.000. The molecule has 0 amide bonds. The molecule has 0 saturated heterocycles. The van der Waals surface area contributed by atoms with Crippen LogP contribution in [-0.2, 0) is 0 Å². The summed E-state index contributed by atoms with van der Waals surface area (Å²) >= 11 is 6.79. The minimum absolute atomic E-state index is 0.302. The lowest BCUT2D eigenvalue weighted by Gasteiger charge is -1.98. The largest absolute Gasteiger partial charge is 0.207 e. The van der Waals surface area contributed by atoms with Crippen molar-refractivity contribution in [3.05, 3.63) is 34.0 Å². The number of hydrogen-bond acceptors (Lipinski definition) is 3. The lowest BCUT2D eigenvalue weighted by molar-refractivity contribution is 0.630. The summed E-state index contributed by atoms with van der Waals surface area (Å²) < 4.78 is 13.7. The first-order chi connectivity index (χ1) is 6.66. The third-order valence-electron chi connectivity index (χ3n) is 1.75. The fraction of sp³-hybridized carbons (Fsp3) is 0.111. The third kappa shape index (κ3) is 1.76. The van der Waals surface area contributed by atoms with E-state index in [1.54, 1.807) is 12.1 Å². The standard InChI is InChI=1S/C9H6ClFN2S/c1-5-2-3-7(11)6(4-5)8-12-13-9(10)14-8/h2-4H,1H3. The van der Waals surface area contributed by atoms with Crippen LogP contribution >= 0.6 is 22.9 Å². The van der Waals surface area contributed by atoms with Gasteiger partial charge in [-0.25, -0.2) is 4.39 Å². The maximum absolute atomic E-state index is 13.4. The summed E-state index contributed by atoms with van der Waals surface area (Å²) in [5.41, 5.74) is 1.43. The van der Waals surface area contributed by atoms with Crippen molar-refractivity contribution in [1.82, 2.24) is 10.2 Å². The Balaban J connectivity index is 2.55. The van der Waals surface area contributed by atoms with Crippen molar-refractivity contribution in [2.75, 3.05) is 0 Å². The van der Waals surface area contributed by atoms with E-state index in [2.05, 4.69) is 10.2 Å². The highest BCUT2D eigenvalue weighted by Crippen LogP contribution is 2.28. The molecule has 2 nitrogen and oxygen atoms in total. The summed E-state index contributed by atoms with van der Waals surface area (Å²) in [5, 5.41) is 7.93. The van der Waals surface area contributed by atoms with Gasteiger partial charge in [0.1, 0.15) is 5.82 Å². The van der Waals surface area contributed by atoms with Gasteiger partial charge < -0.3 is 0 Å². The zero-order chi connectivity index (χ0) is 10.1. The van der Waals surface area contributed by atoms with Gasteiger partial charge in [0.2, 0.25) is 4.47 Å². The summed E-state index contributed by atoms with van der Waals surface area (Å²) in [5.74, 6) is -0.302. The van der Waals surface area contributed by atoms with E-state index in [9.17, 15) is 4.39 Å². The number of rotatable bonds is 1. The molecular weight excluding hydrogens is 223 g/mol. The number of aromatic nitrogens is 2. The molecule has 0 fully saturated rings. The Kier molecular flexibility index (Phi) is 2.48. The molecule has 2 rings (SSSR count). The number of halogens is 2. The summed E-state index contributed by atoms with van der Waals surface area (Å²) in [6.45, 7) is 1.89. The molecule has 1 aromatic carbocycles. The predicted octanol–water partition coefficient (Wildman–Crippen LogP) is 3.31. The molecule has 0 bridgehead atoms. The van der Waals surface area contributed by atoms with Gasteiger partial charge in [0, 0.05) is 5.56 Å². The van der Waals surface area contributed by atoms with Crippen LogP contribution in [0.25, 0.3) is 10.6 Å². The lowest BCUT2D eigenvalue weighted by atomic mass is 10.1. The molecule has 0 saturated carbocycles. The Labute approximate surface area is 89.4 Å². The normalized spacial score (nSPS) is 10.5. The molecule has 72 valence electrons. The first-order valence-corrected chi connectivity index (χ1v) is 5.12. The molecule has 0 aliphatic rings. The summed E-state index contributed by atoms with van der Waals surface area (Å²) in [7, 11) is 0. The number of hydrogen-bond donors (Lipinski definition) is 0. The van der Waals surface area contributed by atoms with E-state index < -0.39 is 0 Å². The van der Waals surface area contributed by atoms with Crippen molar-refractivity contribution in [3.63, 3.8) is 0 Å². The van der Waals surface area contributed by atoms with Crippen molar-refractivity contribution in [2.24, 2.45) is 0 Å². The second kappa shape index (κ2) is 3.63. The van der Waals surface area contributed by atoms with Crippen molar-refractivity contribution < 1.29 is 4.39 Å². The van der Waals surface area contributed by atoms with Crippen LogP contribution in [0.1, 0.15) is 5.56 Å². The summed E-state index contributed by atoms with van der Waals surface area (Å²) in [6, 6.07) is 4.85. The highest BCUT2D eigenvalue weighted by molar-refractivity contribution is 7.18. The van der Waals surface area contributed by atoms with E-state index in [4.69, 9.17) is 11.6 Å². The second-order valence-corrected chi connectivity index (χ2v) is 4.40. The molecule has 0 radical (unpaired) electrons. The third-order valence-corrected chi connectivity index (χ3v) is 2.80. The van der Waals surface area contributed by atoms with Crippen molar-refractivity contribution in [1.29, 1.82) is 0 Å². The predicted molar refractivity (Wildman–Crippen MR) is 55.1 cm³/mol. The second-order valence-electron chi connectivity index (χ2n) is 2.84. The molecule has 0 aliphatic carbocycles. The van der Waals surface area contributed by atoms with Gasteiger partial charge in [0.05, 0.1) is 0 Å². The molecule has 1 aromatic heterocycles. The molecule has 0 unspecified atom stereocenters. The average molecular weight is 229 g/mol. The molecule has 0 N–H and O–H groups in total. The molecule has 0 spiro atoms. The van der Waals surface area contributed by atoms with Crippen LogP contribution in [-0.4, -0.2) is 10.2 Å². The van der Waals surface area contributed by atoms with Crippen LogP contribution in [0.4, 0.5) is 4.39 Å². The Morgan fingerprint density at radius 2 is 2.14 bits per heavy atom. The summed E-state index contributed by atoms with van der Waals surface area (Å²) in [4.78, 5) is 0. The maximum atomic E-state index is 13.4. The minimum atomic E-state index is -0.302. The fourth-order valence-corrected chi connectivity index (χ4v) is 1.96. The van der Waals surface area contributed by atoms with E-state index in [0.717, 1.165) is 5.56 Å². The van der Waals surface area contributed by atoms with Gasteiger partial charge in [-0.1, -0.05) is 23.0 Å². The number of benzene rings is 1. The van der Waals surface area contributed by atoms with E-state index >= 15 is 0 Å². The highest BCUT2D eigenvalue weighted by atomic mass is 35.5. The van der Waals surface area contributed by atoms with Gasteiger partial charge in [-0.15, -0.1) is 10.2 Å². The first-order valence-electron chi connectivity index (χ1n) is 3.92. The van der Waals surface area contributed by atoms with Gasteiger partial charge >= 0.3 is 0 Å². The van der Waals surface area contributed by atoms with Crippen LogP contribution in [0.15, 0.2) is 18.2 Å². The summed E-state index contributed by atoms with van der Waals surface area (Å²) in [6.07, 6.45) is 0. The van der Waals surface area contributed by atoms with E-state index in [1.807, 2.05) is 6.92 Å². The topological polar surface area (TPSA) is 25.8 Å². The van der Waals surface area contributed by atoms with E-state index in [1.165, 1.54) is 17.4 Å². The van der Waals surface area contributed by atoms with E-state index in [0.29, 0.717) is 15.0 Å². The lowest BCUT2D eigenvalue weighted by Crippen LogP contribution is -1.84. The Morgan fingerprint density at radius 3 is 2.79 bits per heavy atom. The van der Waals surface area contributed by atoms with Crippen molar-refractivity contribution >= 4 is 22.9 Å². The van der Waals surface area contributed by atoms with Crippen LogP contribution in [0, 0.1) is 12.7 Å². The quantitative estimate of drug-likeness (QED) is 0.749. The van der Waals surface area contributed by atoms with Crippen molar-refractivity contribution in [3.8, 4) is 10.6 Å². The number of aryl methyl sites for hydroxylation is 1. The van der Waals surface area contributed by atoms with Gasteiger partial charge in [-0.05, 0) is 30.7 Å². The van der Waals surface area contributed by atoms with Gasteiger partial charge in [0.15, 0.2) is 5.01 Å². The Morgan fingerprint density at radius 1 is 1.36 bits per heavy atom. The highest BCUT2D eigenvalue weighted by Gasteiger charge is 2.10. The maximum Gasteiger partial charge on any atom is 0.207 e. The number of nitrogens with zero attached hydrogens (tertiary/aromatic N) is 2. The van der Waals surface area contributed by atoms with Crippen LogP contribution in [0.3, 0.4) is 0 Å². The molecular formula is C9H6ClFN2S. The monoisotopic (exact) mass is 228 g/mol. The Bertz CT molecular complexity index is 470. The van der Waals surface area contributed by atoms with Crippen LogP contribution in [0.2, 0.25) is 4.47 Å². The van der Waals surface area contributed by atoms with Gasteiger partial charge in [-0.2, -0.15) is 0 Å². The van der Waals surface area contributed by atoms with Crippen molar-refractivity contribution in [2.45, 2.75) is 6.92 Å². The molecule has 1 heterocycles. The molecule has 14 heavy (non-hydrogen) atoms. The van der Waals surface area contributed by atoms with Gasteiger partial charge in [0.25, 0.3) is 0 Å². The van der Waals surface area contributed by atoms with Crippen LogP contribution in [0.5, 0.6) is 0 Å². The first kappa shape index (κ1) is 9.55. The smallest absolute Gasteiger partial charge is 0.206 e. The molecule has 0 atom stereocenters. The average Bonchev–Trinajstić information content (AvgIpc) is 2.56. The van der Waals surface area contributed by atoms with Crippen LogP contribution < -0.4 is 0 Å². The van der Waals surface area contributed by atoms with Gasteiger partial charge in [-0.3, -0.25) is 0 Å². The molecule has 0 aliphatic heterocycles. The molecule has 5 heteroatoms. The SMILES string of the molecule is Cc1ccc(F)c(-c2nnc(Cl)s2)c1. The van der Waals surface area contributed by atoms with E-state index in [-0.39, 0.29) is 5.82 Å².